The zero-order chi connectivity index (χ0) is 7.90. The quantitative estimate of drug-likeness (QED) is 0.479. The number of epoxide rings is 1. The summed E-state index contributed by atoms with van der Waals surface area (Å²) in [4.78, 5) is 0. The van der Waals surface area contributed by atoms with Crippen molar-refractivity contribution in [3.05, 3.63) is 12.7 Å². The molecule has 0 amide bonds. The van der Waals surface area contributed by atoms with Gasteiger partial charge in [-0.15, -0.1) is 6.58 Å². The highest BCUT2D eigenvalue weighted by atomic mass is 16.6. The molecule has 2 rings (SSSR count). The Morgan fingerprint density at radius 1 is 1.73 bits per heavy atom. The third kappa shape index (κ3) is 1.01. The first-order valence-electron chi connectivity index (χ1n) is 4.25. The molecule has 0 aromatic carbocycles. The summed E-state index contributed by atoms with van der Waals surface area (Å²) in [5.41, 5.74) is -0.000579. The molecule has 2 heteroatoms. The Labute approximate surface area is 66.9 Å². The standard InChI is InChI=1S/C9H14O2/c1-2-5-9-6-3-4-7(10)8(9)11-9/h2,7-8,10H,1,3-6H2/t7-,8-,9+/m1/s1. The van der Waals surface area contributed by atoms with Gasteiger partial charge in [-0.2, -0.15) is 0 Å². The van der Waals surface area contributed by atoms with Crippen molar-refractivity contribution in [3.63, 3.8) is 0 Å². The van der Waals surface area contributed by atoms with E-state index in [4.69, 9.17) is 4.74 Å². The normalized spacial score (nSPS) is 48.1. The molecule has 0 radical (unpaired) electrons. The van der Waals surface area contributed by atoms with Gasteiger partial charge in [0.15, 0.2) is 0 Å². The molecule has 0 aromatic rings. The summed E-state index contributed by atoms with van der Waals surface area (Å²) in [5.74, 6) is 0. The van der Waals surface area contributed by atoms with Crippen LogP contribution in [0.1, 0.15) is 25.7 Å². The summed E-state index contributed by atoms with van der Waals surface area (Å²) >= 11 is 0. The molecule has 0 unspecified atom stereocenters. The summed E-state index contributed by atoms with van der Waals surface area (Å²) in [6.07, 6.45) is 5.78. The fourth-order valence-corrected chi connectivity index (χ4v) is 2.12. The van der Waals surface area contributed by atoms with Crippen molar-refractivity contribution in [3.8, 4) is 0 Å². The molecule has 2 fully saturated rings. The minimum atomic E-state index is -0.219. The van der Waals surface area contributed by atoms with Gasteiger partial charge in [0.2, 0.25) is 0 Å². The van der Waals surface area contributed by atoms with E-state index in [2.05, 4.69) is 6.58 Å². The average molecular weight is 154 g/mol. The number of rotatable bonds is 2. The second kappa shape index (κ2) is 2.32. The molecule has 1 aliphatic carbocycles. The van der Waals surface area contributed by atoms with Gasteiger partial charge in [-0.1, -0.05) is 6.08 Å². The molecule has 2 aliphatic rings. The fourth-order valence-electron chi connectivity index (χ4n) is 2.12. The molecule has 1 saturated heterocycles. The number of aliphatic hydroxyl groups is 1. The Hall–Kier alpha value is -0.340. The fraction of sp³-hybridized carbons (Fsp3) is 0.778. The van der Waals surface area contributed by atoms with Crippen LogP contribution >= 0.6 is 0 Å². The highest BCUT2D eigenvalue weighted by molar-refractivity contribution is 5.11. The van der Waals surface area contributed by atoms with E-state index in [0.717, 1.165) is 25.7 Å². The SMILES string of the molecule is C=CC[C@]12CCC[C@@H](O)[C@H]1O2. The molecule has 62 valence electrons. The van der Waals surface area contributed by atoms with Gasteiger partial charge >= 0.3 is 0 Å². The maximum absolute atomic E-state index is 9.45. The van der Waals surface area contributed by atoms with Gasteiger partial charge in [-0.25, -0.2) is 0 Å². The number of ether oxygens (including phenoxy) is 1. The molecule has 3 atom stereocenters. The molecule has 0 bridgehead atoms. The Morgan fingerprint density at radius 3 is 3.27 bits per heavy atom. The van der Waals surface area contributed by atoms with Crippen molar-refractivity contribution in [1.82, 2.24) is 0 Å². The van der Waals surface area contributed by atoms with E-state index in [-0.39, 0.29) is 17.8 Å². The summed E-state index contributed by atoms with van der Waals surface area (Å²) in [7, 11) is 0. The van der Waals surface area contributed by atoms with E-state index >= 15 is 0 Å². The van der Waals surface area contributed by atoms with Crippen LogP contribution in [0.25, 0.3) is 0 Å². The van der Waals surface area contributed by atoms with E-state index < -0.39 is 0 Å². The zero-order valence-corrected chi connectivity index (χ0v) is 6.62. The van der Waals surface area contributed by atoms with E-state index in [1.54, 1.807) is 0 Å². The molecule has 11 heavy (non-hydrogen) atoms. The van der Waals surface area contributed by atoms with Crippen LogP contribution in [0.4, 0.5) is 0 Å². The first kappa shape index (κ1) is 7.32. The lowest BCUT2D eigenvalue weighted by Gasteiger charge is -2.18. The largest absolute Gasteiger partial charge is 0.390 e. The van der Waals surface area contributed by atoms with Gasteiger partial charge in [-0.05, 0) is 25.7 Å². The zero-order valence-electron chi connectivity index (χ0n) is 6.62. The molecule has 1 saturated carbocycles. The summed E-state index contributed by atoms with van der Waals surface area (Å²) < 4.78 is 5.50. The van der Waals surface area contributed by atoms with Crippen LogP contribution in [0.3, 0.4) is 0 Å². The van der Waals surface area contributed by atoms with E-state index in [9.17, 15) is 5.11 Å². The summed E-state index contributed by atoms with van der Waals surface area (Å²) in [5, 5.41) is 9.45. The Kier molecular flexibility index (Phi) is 1.55. The maximum Gasteiger partial charge on any atom is 0.113 e. The monoisotopic (exact) mass is 154 g/mol. The smallest absolute Gasteiger partial charge is 0.113 e. The van der Waals surface area contributed by atoms with Gasteiger partial charge in [0.05, 0.1) is 6.10 Å². The second-order valence-corrected chi connectivity index (χ2v) is 3.56. The summed E-state index contributed by atoms with van der Waals surface area (Å²) in [6, 6.07) is 0. The van der Waals surface area contributed by atoms with Crippen LogP contribution in [-0.2, 0) is 4.74 Å². The lowest BCUT2D eigenvalue weighted by Crippen LogP contribution is -2.29. The predicted molar refractivity (Wildman–Crippen MR) is 42.3 cm³/mol. The first-order valence-corrected chi connectivity index (χ1v) is 4.25. The number of hydrogen-bond donors (Lipinski definition) is 1. The van der Waals surface area contributed by atoms with E-state index in [0.29, 0.717) is 0 Å². The molecule has 1 aliphatic heterocycles. The predicted octanol–water partition coefficient (Wildman–Crippen LogP) is 1.24. The minimum Gasteiger partial charge on any atom is -0.390 e. The molecule has 2 nitrogen and oxygen atoms in total. The molecular weight excluding hydrogens is 140 g/mol. The number of fused-ring (bicyclic) bond motifs is 1. The van der Waals surface area contributed by atoms with Crippen molar-refractivity contribution in [1.29, 1.82) is 0 Å². The van der Waals surface area contributed by atoms with Crippen LogP contribution in [-0.4, -0.2) is 22.9 Å². The van der Waals surface area contributed by atoms with Gasteiger partial charge in [0, 0.05) is 0 Å². The molecular formula is C9H14O2. The van der Waals surface area contributed by atoms with Crippen molar-refractivity contribution >= 4 is 0 Å². The summed E-state index contributed by atoms with van der Waals surface area (Å²) in [6.45, 7) is 3.69. The Bertz CT molecular complexity index is 178. The number of aliphatic hydroxyl groups excluding tert-OH is 1. The third-order valence-corrected chi connectivity index (χ3v) is 2.76. The van der Waals surface area contributed by atoms with Crippen LogP contribution in [0.15, 0.2) is 12.7 Å². The highest BCUT2D eigenvalue weighted by Crippen LogP contribution is 2.50. The first-order chi connectivity index (χ1) is 5.28. The van der Waals surface area contributed by atoms with E-state index in [1.165, 1.54) is 0 Å². The van der Waals surface area contributed by atoms with E-state index in [1.807, 2.05) is 6.08 Å². The van der Waals surface area contributed by atoms with Gasteiger partial charge in [0.25, 0.3) is 0 Å². The van der Waals surface area contributed by atoms with Gasteiger partial charge < -0.3 is 9.84 Å². The average Bonchev–Trinajstić information content (AvgIpc) is 2.65. The second-order valence-electron chi connectivity index (χ2n) is 3.56. The maximum atomic E-state index is 9.45. The van der Waals surface area contributed by atoms with Crippen LogP contribution in [0.5, 0.6) is 0 Å². The molecule has 1 N–H and O–H groups in total. The van der Waals surface area contributed by atoms with Crippen molar-refractivity contribution in [2.45, 2.75) is 43.5 Å². The lowest BCUT2D eigenvalue weighted by molar-refractivity contribution is 0.122. The topological polar surface area (TPSA) is 32.8 Å². The van der Waals surface area contributed by atoms with Crippen LogP contribution in [0.2, 0.25) is 0 Å². The van der Waals surface area contributed by atoms with Crippen molar-refractivity contribution in [2.75, 3.05) is 0 Å². The molecule has 0 spiro atoms. The van der Waals surface area contributed by atoms with Crippen molar-refractivity contribution < 1.29 is 9.84 Å². The highest BCUT2D eigenvalue weighted by Gasteiger charge is 2.60. The minimum absolute atomic E-state index is 0.000579. The lowest BCUT2D eigenvalue weighted by atomic mass is 9.85. The van der Waals surface area contributed by atoms with Crippen molar-refractivity contribution in [2.24, 2.45) is 0 Å². The molecule has 0 aromatic heterocycles. The molecule has 1 heterocycles. The van der Waals surface area contributed by atoms with Gasteiger partial charge in [-0.3, -0.25) is 0 Å². The Morgan fingerprint density at radius 2 is 2.55 bits per heavy atom. The Balaban J connectivity index is 2.02. The number of hydrogen-bond acceptors (Lipinski definition) is 2. The third-order valence-electron chi connectivity index (χ3n) is 2.76. The van der Waals surface area contributed by atoms with Crippen LogP contribution in [0, 0.1) is 0 Å². The van der Waals surface area contributed by atoms with Crippen LogP contribution < -0.4 is 0 Å². The van der Waals surface area contributed by atoms with Gasteiger partial charge in [0.1, 0.15) is 11.7 Å².